The Bertz CT molecular complexity index is 3290. The molecule has 1 aliphatic heterocycles. The van der Waals surface area contributed by atoms with Gasteiger partial charge in [0, 0.05) is 20.2 Å². The fourth-order valence-corrected chi connectivity index (χ4v) is 12.8. The number of thiophene rings is 1. The van der Waals surface area contributed by atoms with E-state index in [9.17, 15) is 0 Å². The van der Waals surface area contributed by atoms with Gasteiger partial charge in [-0.15, -0.1) is 11.3 Å². The first-order chi connectivity index (χ1) is 25.8. The van der Waals surface area contributed by atoms with Crippen molar-refractivity contribution < 1.29 is 21.2 Å². The fraction of sp³-hybridized carbons (Fsp3) is 0. The van der Waals surface area contributed by atoms with Crippen LogP contribution in [0.15, 0.2) is 170 Å². The third-order valence-electron chi connectivity index (χ3n) is 10.9. The maximum atomic E-state index is 2.50. The van der Waals surface area contributed by atoms with E-state index in [0.717, 1.165) is 0 Å². The summed E-state index contributed by atoms with van der Waals surface area (Å²) in [6.07, 6.45) is 0. The van der Waals surface area contributed by atoms with Crippen LogP contribution in [-0.4, -0.2) is 9.13 Å². The van der Waals surface area contributed by atoms with Gasteiger partial charge in [0.15, 0.2) is 0 Å². The van der Waals surface area contributed by atoms with Gasteiger partial charge in [-0.2, -0.15) is 0 Å². The quantitative estimate of drug-likeness (QED) is 0.158. The van der Waals surface area contributed by atoms with Crippen LogP contribution in [0.1, 0.15) is 0 Å². The van der Waals surface area contributed by atoms with Crippen LogP contribution >= 0.6 is 11.3 Å². The van der Waals surface area contributed by atoms with E-state index in [2.05, 4.69) is 179 Å². The van der Waals surface area contributed by atoms with Crippen molar-refractivity contribution in [2.24, 2.45) is 0 Å². The summed E-state index contributed by atoms with van der Waals surface area (Å²) in [4.78, 5) is 0. The van der Waals surface area contributed by atoms with Crippen LogP contribution in [0.25, 0.3) is 97.4 Å². The molecule has 0 radical (unpaired) electrons. The second-order valence-electron chi connectivity index (χ2n) is 13.6. The third-order valence-corrected chi connectivity index (χ3v) is 15.0. The minimum absolute atomic E-state index is 0.187. The molecule has 0 fully saturated rings. The number of hydrogen-bond acceptors (Lipinski definition) is 1. The summed E-state index contributed by atoms with van der Waals surface area (Å²) in [5.41, 5.74) is 12.7. The zero-order chi connectivity index (χ0) is 33.9. The first kappa shape index (κ1) is 28.9. The molecule has 0 bridgehead atoms. The molecule has 2 nitrogen and oxygen atoms in total. The van der Waals surface area contributed by atoms with E-state index in [1.807, 2.05) is 11.3 Å². The van der Waals surface area contributed by atoms with Crippen LogP contribution in [0, 0.1) is 7.14 Å². The number of hydrogen-bond donors (Lipinski definition) is 0. The van der Waals surface area contributed by atoms with Crippen LogP contribution in [0.3, 0.4) is 0 Å². The molecule has 8 aromatic carbocycles. The van der Waals surface area contributed by atoms with Crippen LogP contribution in [0.4, 0.5) is 0 Å². The molecule has 0 unspecified atom stereocenters. The van der Waals surface area contributed by atoms with Crippen molar-refractivity contribution >= 4 is 75.1 Å². The molecule has 0 spiro atoms. The molecule has 0 saturated carbocycles. The van der Waals surface area contributed by atoms with E-state index in [1.165, 1.54) is 105 Å². The molecule has 0 N–H and O–H groups in total. The van der Waals surface area contributed by atoms with Crippen molar-refractivity contribution in [1.29, 1.82) is 0 Å². The molecule has 0 amide bonds. The van der Waals surface area contributed by atoms with Gasteiger partial charge in [-0.1, -0.05) is 42.5 Å². The minimum atomic E-state index is -0.187. The van der Waals surface area contributed by atoms with E-state index in [0.29, 0.717) is 0 Å². The molecule has 0 saturated heterocycles. The standard InChI is InChI=1S/C48H28IN2S/c1-5-15-37-33(13-1)47-38(49-37)16-9-19-43(47)50-39-17-6-2-11-31(39)35-27-29(23-25-41(35)50)30-24-26-42-36(28-30)32-12-3-7-18-40(32)51(42)44-20-10-22-46-48(44)34-14-4-8-21-45(34)52-46/h1-28H/q-1. The van der Waals surface area contributed by atoms with Crippen molar-refractivity contribution in [3.8, 4) is 33.6 Å². The number of para-hydroxylation sites is 2. The van der Waals surface area contributed by atoms with E-state index in [4.69, 9.17) is 0 Å². The van der Waals surface area contributed by atoms with Crippen molar-refractivity contribution in [3.05, 3.63) is 177 Å². The Morgan fingerprint density at radius 1 is 0.385 bits per heavy atom. The Labute approximate surface area is 314 Å². The van der Waals surface area contributed by atoms with Crippen LogP contribution in [0.2, 0.25) is 0 Å². The Morgan fingerprint density at radius 3 is 1.67 bits per heavy atom. The van der Waals surface area contributed by atoms with E-state index in [1.54, 1.807) is 0 Å². The Hall–Kier alpha value is -5.69. The van der Waals surface area contributed by atoms with Gasteiger partial charge in [0.1, 0.15) is 0 Å². The van der Waals surface area contributed by atoms with Gasteiger partial charge in [-0.05, 0) is 24.3 Å². The van der Waals surface area contributed by atoms with E-state index >= 15 is 0 Å². The molecule has 4 heteroatoms. The van der Waals surface area contributed by atoms with Gasteiger partial charge < -0.3 is 4.57 Å². The number of benzene rings is 8. The average molecular weight is 792 g/mol. The Morgan fingerprint density at radius 2 is 0.923 bits per heavy atom. The predicted molar refractivity (Wildman–Crippen MR) is 216 cm³/mol. The summed E-state index contributed by atoms with van der Waals surface area (Å²) in [7, 11) is 0. The molecule has 1 aliphatic rings. The second-order valence-corrected chi connectivity index (χ2v) is 17.6. The number of halogens is 1. The van der Waals surface area contributed by atoms with Gasteiger partial charge in [-0.3, -0.25) is 0 Å². The van der Waals surface area contributed by atoms with Crippen molar-refractivity contribution in [2.45, 2.75) is 0 Å². The van der Waals surface area contributed by atoms with Gasteiger partial charge >= 0.3 is 202 Å². The molecule has 12 rings (SSSR count). The average Bonchev–Trinajstić information content (AvgIpc) is 3.95. The molecule has 0 atom stereocenters. The maximum absolute atomic E-state index is 2.50. The predicted octanol–water partition coefficient (Wildman–Crippen LogP) is 10.0. The summed E-state index contributed by atoms with van der Waals surface area (Å²) >= 11 is 1.69. The van der Waals surface area contributed by atoms with E-state index < -0.39 is 0 Å². The van der Waals surface area contributed by atoms with Gasteiger partial charge in [0.05, 0.1) is 11.2 Å². The third kappa shape index (κ3) is 3.99. The van der Waals surface area contributed by atoms with Crippen molar-refractivity contribution in [1.82, 2.24) is 9.13 Å². The SMILES string of the molecule is c1ccc2c(c1)[I-]c1cccc(-n3c4ccccc4c4cc(-c5ccc6c(c5)c5ccccc5n6-c5cccc6sc7ccccc7c56)ccc43)c1-2. The summed E-state index contributed by atoms with van der Waals surface area (Å²) in [5.74, 6) is 0. The second kappa shape index (κ2) is 10.9. The zero-order valence-electron chi connectivity index (χ0n) is 27.8. The number of nitrogens with zero attached hydrogens (tertiary/aromatic N) is 2. The Kier molecular flexibility index (Phi) is 6.07. The molecule has 244 valence electrons. The molecular weight excluding hydrogens is 764 g/mol. The number of aromatic nitrogens is 2. The first-order valence-electron chi connectivity index (χ1n) is 17.7. The van der Waals surface area contributed by atoms with Crippen LogP contribution in [0.5, 0.6) is 0 Å². The fourth-order valence-electron chi connectivity index (χ4n) is 8.67. The molecule has 11 aromatic rings. The van der Waals surface area contributed by atoms with Gasteiger partial charge in [0.25, 0.3) is 0 Å². The summed E-state index contributed by atoms with van der Waals surface area (Å²) < 4.78 is 10.7. The molecular formula is C48H28IN2S-. The van der Waals surface area contributed by atoms with E-state index in [-0.39, 0.29) is 21.2 Å². The zero-order valence-corrected chi connectivity index (χ0v) is 30.8. The first-order valence-corrected chi connectivity index (χ1v) is 20.6. The topological polar surface area (TPSA) is 9.86 Å². The molecule has 0 aliphatic carbocycles. The molecule has 4 heterocycles. The number of fused-ring (bicyclic) bond motifs is 12. The monoisotopic (exact) mass is 791 g/mol. The van der Waals surface area contributed by atoms with Crippen LogP contribution in [-0.2, 0) is 0 Å². The Balaban J connectivity index is 1.07. The summed E-state index contributed by atoms with van der Waals surface area (Å²) in [6, 6.07) is 63.4. The van der Waals surface area contributed by atoms with Crippen LogP contribution < -0.4 is 21.2 Å². The molecule has 52 heavy (non-hydrogen) atoms. The van der Waals surface area contributed by atoms with Gasteiger partial charge in [0.2, 0.25) is 0 Å². The number of rotatable bonds is 3. The summed E-state index contributed by atoms with van der Waals surface area (Å²) in [5, 5.41) is 7.76. The van der Waals surface area contributed by atoms with Crippen molar-refractivity contribution in [3.63, 3.8) is 0 Å². The summed E-state index contributed by atoms with van der Waals surface area (Å²) in [6.45, 7) is 0. The molecule has 3 aromatic heterocycles. The van der Waals surface area contributed by atoms with Gasteiger partial charge in [-0.25, -0.2) is 0 Å². The normalized spacial score (nSPS) is 12.7. The van der Waals surface area contributed by atoms with Crippen molar-refractivity contribution in [2.75, 3.05) is 0 Å².